The minimum absolute atomic E-state index is 0.0339. The van der Waals surface area contributed by atoms with Crippen LogP contribution >= 0.6 is 0 Å². The Kier molecular flexibility index (Phi) is 5.07. The van der Waals surface area contributed by atoms with Crippen LogP contribution in [0.2, 0.25) is 0 Å². The zero-order chi connectivity index (χ0) is 19.6. The molecule has 3 rings (SSSR count). The number of hydrogen-bond acceptors (Lipinski definition) is 4. The highest BCUT2D eigenvalue weighted by atomic mass is 19.1. The van der Waals surface area contributed by atoms with Crippen LogP contribution in [0.15, 0.2) is 52.1 Å². The van der Waals surface area contributed by atoms with E-state index in [1.807, 2.05) is 13.8 Å². The minimum atomic E-state index is -0.920. The first-order chi connectivity index (χ1) is 12.8. The molecule has 3 aromatic rings. The van der Waals surface area contributed by atoms with Crippen molar-refractivity contribution in [1.82, 2.24) is 9.55 Å². The van der Waals surface area contributed by atoms with Crippen molar-refractivity contribution < 1.29 is 13.9 Å². The van der Waals surface area contributed by atoms with Gasteiger partial charge in [-0.2, -0.15) is 0 Å². The number of aromatic amines is 1. The van der Waals surface area contributed by atoms with Gasteiger partial charge in [0.25, 0.3) is 0 Å². The second-order valence-electron chi connectivity index (χ2n) is 6.25. The molecule has 1 aromatic heterocycles. The smallest absolute Gasteiger partial charge is 0.317 e. The van der Waals surface area contributed by atoms with E-state index in [1.165, 1.54) is 6.07 Å². The normalized spacial score (nSPS) is 11.0. The van der Waals surface area contributed by atoms with Crippen molar-refractivity contribution in [2.24, 2.45) is 0 Å². The molecule has 0 spiro atoms. The van der Waals surface area contributed by atoms with Crippen molar-refractivity contribution in [3.05, 3.63) is 69.0 Å². The van der Waals surface area contributed by atoms with Gasteiger partial charge in [0.1, 0.15) is 18.1 Å². The van der Waals surface area contributed by atoms with Crippen LogP contribution in [0, 0.1) is 5.82 Å². The number of halogens is 1. The third-order valence-corrected chi connectivity index (χ3v) is 3.75. The maximum absolute atomic E-state index is 13.4. The molecule has 0 fully saturated rings. The molecule has 7 nitrogen and oxygen atoms in total. The molecule has 0 saturated carbocycles. The summed E-state index contributed by atoms with van der Waals surface area (Å²) in [5.41, 5.74) is -0.884. The first-order valence-electron chi connectivity index (χ1n) is 8.32. The Hall–Kier alpha value is -3.42. The number of nitrogens with zero attached hydrogens (tertiary/aromatic N) is 1. The highest BCUT2D eigenvalue weighted by Crippen LogP contribution is 2.17. The number of carbonyl (C=O) groups is 1. The average Bonchev–Trinajstić information content (AvgIpc) is 2.60. The summed E-state index contributed by atoms with van der Waals surface area (Å²) in [6, 6.07) is 10.4. The number of H-pyrrole nitrogens is 1. The van der Waals surface area contributed by atoms with E-state index in [0.29, 0.717) is 11.4 Å². The molecule has 0 unspecified atom stereocenters. The van der Waals surface area contributed by atoms with Crippen LogP contribution in [-0.2, 0) is 11.3 Å². The molecule has 0 aliphatic rings. The number of carbonyl (C=O) groups excluding carboxylic acids is 1. The molecular formula is C19H18FN3O4. The monoisotopic (exact) mass is 371 g/mol. The molecule has 0 aliphatic heterocycles. The van der Waals surface area contributed by atoms with Crippen LogP contribution in [0.1, 0.15) is 13.8 Å². The SMILES string of the molecule is CC(C)Oc1ccc(NC(=O)Cn2c(=O)c(=O)[nH]c3cc(F)ccc32)cc1. The lowest BCUT2D eigenvalue weighted by molar-refractivity contribution is -0.116. The van der Waals surface area contributed by atoms with Gasteiger partial charge in [-0.1, -0.05) is 0 Å². The van der Waals surface area contributed by atoms with Gasteiger partial charge in [0.05, 0.1) is 17.1 Å². The number of hydrogen-bond donors (Lipinski definition) is 2. The molecule has 0 atom stereocenters. The second-order valence-corrected chi connectivity index (χ2v) is 6.25. The van der Waals surface area contributed by atoms with E-state index in [1.54, 1.807) is 24.3 Å². The molecule has 1 amide bonds. The Morgan fingerprint density at radius 3 is 2.56 bits per heavy atom. The maximum Gasteiger partial charge on any atom is 0.317 e. The van der Waals surface area contributed by atoms with Gasteiger partial charge in [0.2, 0.25) is 5.91 Å². The van der Waals surface area contributed by atoms with Crippen molar-refractivity contribution in [2.45, 2.75) is 26.5 Å². The van der Waals surface area contributed by atoms with Crippen LogP contribution in [0.4, 0.5) is 10.1 Å². The Morgan fingerprint density at radius 2 is 1.89 bits per heavy atom. The summed E-state index contributed by atoms with van der Waals surface area (Å²) >= 11 is 0. The Bertz CT molecular complexity index is 1100. The zero-order valence-corrected chi connectivity index (χ0v) is 14.8. The Balaban J connectivity index is 1.83. The molecule has 8 heteroatoms. The van der Waals surface area contributed by atoms with Gasteiger partial charge in [-0.05, 0) is 56.3 Å². The maximum atomic E-state index is 13.4. The molecule has 140 valence electrons. The summed E-state index contributed by atoms with van der Waals surface area (Å²) in [6.45, 7) is 3.44. The number of rotatable bonds is 5. The van der Waals surface area contributed by atoms with E-state index in [-0.39, 0.29) is 23.7 Å². The largest absolute Gasteiger partial charge is 0.491 e. The van der Waals surface area contributed by atoms with Crippen LogP contribution < -0.4 is 21.2 Å². The topological polar surface area (TPSA) is 93.2 Å². The molecule has 0 radical (unpaired) electrons. The number of ether oxygens (including phenoxy) is 1. The minimum Gasteiger partial charge on any atom is -0.491 e. The van der Waals surface area contributed by atoms with Gasteiger partial charge in [-0.15, -0.1) is 0 Å². The van der Waals surface area contributed by atoms with E-state index in [9.17, 15) is 18.8 Å². The second kappa shape index (κ2) is 7.45. The molecule has 27 heavy (non-hydrogen) atoms. The fourth-order valence-corrected chi connectivity index (χ4v) is 2.64. The number of amides is 1. The Morgan fingerprint density at radius 1 is 1.19 bits per heavy atom. The van der Waals surface area contributed by atoms with Gasteiger partial charge in [0, 0.05) is 5.69 Å². The van der Waals surface area contributed by atoms with Gasteiger partial charge < -0.3 is 15.0 Å². The Labute approximate surface area is 153 Å². The lowest BCUT2D eigenvalue weighted by Gasteiger charge is -2.12. The molecular weight excluding hydrogens is 353 g/mol. The first kappa shape index (κ1) is 18.4. The van der Waals surface area contributed by atoms with Crippen LogP contribution in [0.25, 0.3) is 11.0 Å². The highest BCUT2D eigenvalue weighted by molar-refractivity contribution is 5.91. The third-order valence-electron chi connectivity index (χ3n) is 3.75. The summed E-state index contributed by atoms with van der Waals surface area (Å²) in [4.78, 5) is 38.5. The van der Waals surface area contributed by atoms with Gasteiger partial charge in [-0.3, -0.25) is 19.0 Å². The fourth-order valence-electron chi connectivity index (χ4n) is 2.64. The van der Waals surface area contributed by atoms with Gasteiger partial charge >= 0.3 is 11.1 Å². The predicted molar refractivity (Wildman–Crippen MR) is 99.6 cm³/mol. The lowest BCUT2D eigenvalue weighted by Crippen LogP contribution is -2.38. The van der Waals surface area contributed by atoms with Gasteiger partial charge in [-0.25, -0.2) is 4.39 Å². The molecule has 0 bridgehead atoms. The zero-order valence-electron chi connectivity index (χ0n) is 14.8. The standard InChI is InChI=1S/C19H18FN3O4/c1-11(2)27-14-6-4-13(5-7-14)21-17(24)10-23-16-8-3-12(20)9-15(16)22-18(25)19(23)26/h3-9,11H,10H2,1-2H3,(H,21,24)(H,22,25). The molecule has 2 N–H and O–H groups in total. The number of fused-ring (bicyclic) bond motifs is 1. The molecule has 1 heterocycles. The third kappa shape index (κ3) is 4.22. The fraction of sp³-hybridized carbons (Fsp3) is 0.211. The molecule has 0 saturated heterocycles. The molecule has 0 aliphatic carbocycles. The summed E-state index contributed by atoms with van der Waals surface area (Å²) in [6.07, 6.45) is 0.0339. The van der Waals surface area contributed by atoms with Crippen molar-refractivity contribution >= 4 is 22.6 Å². The quantitative estimate of drug-likeness (QED) is 0.673. The summed E-state index contributed by atoms with van der Waals surface area (Å²) in [5, 5.41) is 2.65. The number of nitrogens with one attached hydrogen (secondary N) is 2. The van der Waals surface area contributed by atoms with E-state index in [0.717, 1.165) is 16.7 Å². The van der Waals surface area contributed by atoms with E-state index >= 15 is 0 Å². The first-order valence-corrected chi connectivity index (χ1v) is 8.32. The molecule has 2 aromatic carbocycles. The lowest BCUT2D eigenvalue weighted by atomic mass is 10.2. The number of aromatic nitrogens is 2. The van der Waals surface area contributed by atoms with Crippen molar-refractivity contribution in [3.63, 3.8) is 0 Å². The van der Waals surface area contributed by atoms with E-state index in [4.69, 9.17) is 4.74 Å². The highest BCUT2D eigenvalue weighted by Gasteiger charge is 2.12. The van der Waals surface area contributed by atoms with Crippen molar-refractivity contribution in [2.75, 3.05) is 5.32 Å². The van der Waals surface area contributed by atoms with Crippen LogP contribution in [0.3, 0.4) is 0 Å². The average molecular weight is 371 g/mol. The predicted octanol–water partition coefficient (Wildman–Crippen LogP) is 2.25. The van der Waals surface area contributed by atoms with E-state index < -0.39 is 22.8 Å². The van der Waals surface area contributed by atoms with E-state index in [2.05, 4.69) is 10.3 Å². The summed E-state index contributed by atoms with van der Waals surface area (Å²) in [5.74, 6) is -0.385. The van der Waals surface area contributed by atoms with Crippen LogP contribution in [-0.4, -0.2) is 21.6 Å². The van der Waals surface area contributed by atoms with Crippen LogP contribution in [0.5, 0.6) is 5.75 Å². The summed E-state index contributed by atoms with van der Waals surface area (Å²) in [7, 11) is 0. The van der Waals surface area contributed by atoms with Gasteiger partial charge in [0.15, 0.2) is 0 Å². The summed E-state index contributed by atoms with van der Waals surface area (Å²) < 4.78 is 19.9. The van der Waals surface area contributed by atoms with Crippen molar-refractivity contribution in [3.8, 4) is 5.75 Å². The number of anilines is 1. The van der Waals surface area contributed by atoms with Crippen molar-refractivity contribution in [1.29, 1.82) is 0 Å². The number of benzene rings is 2.